The van der Waals surface area contributed by atoms with E-state index in [1.807, 2.05) is 24.3 Å². The minimum atomic E-state index is -0.0821. The third-order valence-electron chi connectivity index (χ3n) is 8.40. The van der Waals surface area contributed by atoms with Gasteiger partial charge in [0.15, 0.2) is 5.82 Å². The van der Waals surface area contributed by atoms with E-state index < -0.39 is 0 Å². The molecule has 5 aromatic carbocycles. The van der Waals surface area contributed by atoms with Crippen LogP contribution in [0.3, 0.4) is 0 Å². The maximum Gasteiger partial charge on any atom is 0.160 e. The Morgan fingerprint density at radius 3 is 1.69 bits per heavy atom. The molecule has 0 unspecified atom stereocenters. The third kappa shape index (κ3) is 4.67. The molecule has 0 saturated heterocycles. The van der Waals surface area contributed by atoms with Crippen LogP contribution in [0.2, 0.25) is 0 Å². The average molecular weight is 544 g/mol. The fourth-order valence-electron chi connectivity index (χ4n) is 6.23. The van der Waals surface area contributed by atoms with Gasteiger partial charge in [0.2, 0.25) is 0 Å². The van der Waals surface area contributed by atoms with Gasteiger partial charge in [0, 0.05) is 27.9 Å². The van der Waals surface area contributed by atoms with E-state index in [2.05, 4.69) is 134 Å². The van der Waals surface area contributed by atoms with Crippen molar-refractivity contribution in [1.82, 2.24) is 9.97 Å². The number of aromatic nitrogens is 2. The van der Waals surface area contributed by atoms with Gasteiger partial charge in [-0.25, -0.2) is 9.97 Å². The second kappa shape index (κ2) is 10.8. The summed E-state index contributed by atoms with van der Waals surface area (Å²) >= 11 is 0. The fraction of sp³-hybridized carbons (Fsp3) is 0.128. The lowest BCUT2D eigenvalue weighted by Gasteiger charge is -2.42. The molecule has 42 heavy (non-hydrogen) atoms. The molecule has 7 rings (SSSR count). The van der Waals surface area contributed by atoms with Gasteiger partial charge in [-0.3, -0.25) is 0 Å². The maximum absolute atomic E-state index is 5.05. The summed E-state index contributed by atoms with van der Waals surface area (Å²) in [7, 11) is 0. The first-order valence-electron chi connectivity index (χ1n) is 14.7. The van der Waals surface area contributed by atoms with Gasteiger partial charge in [0.1, 0.15) is 0 Å². The summed E-state index contributed by atoms with van der Waals surface area (Å²) in [6, 6.07) is 49.3. The Morgan fingerprint density at radius 1 is 0.524 bits per heavy atom. The highest BCUT2D eigenvalue weighted by molar-refractivity contribution is 5.86. The molecule has 2 heterocycles. The van der Waals surface area contributed by atoms with Crippen molar-refractivity contribution in [3.05, 3.63) is 162 Å². The first kappa shape index (κ1) is 25.9. The predicted molar refractivity (Wildman–Crippen MR) is 174 cm³/mol. The molecule has 0 N–H and O–H groups in total. The number of rotatable bonds is 6. The number of benzene rings is 5. The Morgan fingerprint density at radius 2 is 1.05 bits per heavy atom. The van der Waals surface area contributed by atoms with Crippen molar-refractivity contribution in [3.8, 4) is 22.6 Å². The van der Waals surface area contributed by atoms with Crippen LogP contribution in [0.15, 0.2) is 140 Å². The number of anilines is 3. The van der Waals surface area contributed by atoms with E-state index in [1.54, 1.807) is 0 Å². The van der Waals surface area contributed by atoms with Gasteiger partial charge in [-0.2, -0.15) is 0 Å². The average Bonchev–Trinajstić information content (AvgIpc) is 3.05. The first-order chi connectivity index (χ1) is 20.6. The van der Waals surface area contributed by atoms with E-state index in [4.69, 9.17) is 9.97 Å². The zero-order valence-corrected chi connectivity index (χ0v) is 24.0. The topological polar surface area (TPSA) is 29.0 Å². The summed E-state index contributed by atoms with van der Waals surface area (Å²) in [5.41, 5.74) is 11.7. The first-order valence-corrected chi connectivity index (χ1v) is 14.7. The number of hydrogen-bond donors (Lipinski definition) is 0. The molecule has 0 spiro atoms. The molecule has 1 aromatic heterocycles. The number of para-hydroxylation sites is 3. The molecular weight excluding hydrogens is 510 g/mol. The van der Waals surface area contributed by atoms with Crippen LogP contribution in [0.5, 0.6) is 0 Å². The molecule has 0 saturated carbocycles. The van der Waals surface area contributed by atoms with Crippen molar-refractivity contribution < 1.29 is 0 Å². The lowest BCUT2D eigenvalue weighted by atomic mass is 9.73. The molecule has 0 radical (unpaired) electrons. The molecule has 3 nitrogen and oxygen atoms in total. The summed E-state index contributed by atoms with van der Waals surface area (Å²) in [4.78, 5) is 12.5. The Labute approximate surface area is 248 Å². The second-order valence-corrected chi connectivity index (χ2v) is 11.4. The van der Waals surface area contributed by atoms with Crippen molar-refractivity contribution in [2.45, 2.75) is 32.1 Å². The summed E-state index contributed by atoms with van der Waals surface area (Å²) in [5, 5.41) is 0. The Hall–Kier alpha value is -5.02. The highest BCUT2D eigenvalue weighted by Crippen LogP contribution is 2.52. The monoisotopic (exact) mass is 543 g/mol. The predicted octanol–water partition coefficient (Wildman–Crippen LogP) is 9.70. The lowest BCUT2D eigenvalue weighted by Crippen LogP contribution is -2.30. The van der Waals surface area contributed by atoms with Crippen molar-refractivity contribution in [3.63, 3.8) is 0 Å². The molecule has 0 aliphatic carbocycles. The molecule has 204 valence electrons. The van der Waals surface area contributed by atoms with Crippen LogP contribution >= 0.6 is 0 Å². The summed E-state index contributed by atoms with van der Waals surface area (Å²) < 4.78 is 0. The molecule has 3 heteroatoms. The summed E-state index contributed by atoms with van der Waals surface area (Å²) in [6.07, 6.45) is 1.67. The van der Waals surface area contributed by atoms with E-state index in [0.29, 0.717) is 0 Å². The van der Waals surface area contributed by atoms with Crippen LogP contribution in [0.1, 0.15) is 36.2 Å². The minimum Gasteiger partial charge on any atom is -0.310 e. The molecule has 0 bridgehead atoms. The van der Waals surface area contributed by atoms with E-state index in [0.717, 1.165) is 41.2 Å². The molecule has 0 fully saturated rings. The van der Waals surface area contributed by atoms with Crippen LogP contribution in [0, 0.1) is 0 Å². The number of aryl methyl sites for hydroxylation is 2. The van der Waals surface area contributed by atoms with Gasteiger partial charge < -0.3 is 4.90 Å². The van der Waals surface area contributed by atoms with Gasteiger partial charge in [-0.05, 0) is 53.8 Å². The van der Waals surface area contributed by atoms with Gasteiger partial charge in [-0.15, -0.1) is 0 Å². The van der Waals surface area contributed by atoms with Gasteiger partial charge in [0.05, 0.1) is 17.1 Å². The third-order valence-corrected chi connectivity index (χ3v) is 8.40. The van der Waals surface area contributed by atoms with Crippen molar-refractivity contribution >= 4 is 17.1 Å². The zero-order chi connectivity index (χ0) is 28.5. The molecule has 1 aliphatic heterocycles. The maximum atomic E-state index is 5.05. The Balaban J connectivity index is 1.29. The lowest BCUT2D eigenvalue weighted by molar-refractivity contribution is 0.631. The minimum absolute atomic E-state index is 0.0821. The van der Waals surface area contributed by atoms with Crippen molar-refractivity contribution in [1.29, 1.82) is 0 Å². The summed E-state index contributed by atoms with van der Waals surface area (Å²) in [6.45, 7) is 4.66. The van der Waals surface area contributed by atoms with E-state index in [1.165, 1.54) is 33.8 Å². The number of nitrogens with zero attached hydrogens (tertiary/aromatic N) is 3. The highest BCUT2D eigenvalue weighted by Gasteiger charge is 2.36. The van der Waals surface area contributed by atoms with Crippen molar-refractivity contribution in [2.24, 2.45) is 0 Å². The van der Waals surface area contributed by atoms with Crippen LogP contribution in [0.4, 0.5) is 17.1 Å². The van der Waals surface area contributed by atoms with Crippen LogP contribution in [-0.4, -0.2) is 9.97 Å². The van der Waals surface area contributed by atoms with Crippen LogP contribution in [0.25, 0.3) is 22.6 Å². The Bertz CT molecular complexity index is 1750. The SMILES string of the molecule is CC1(C)c2ccccc2N(c2ccccc2CCc2cc(-c3ccccc3)nc(-c3ccccc3)n2)c2ccccc21. The number of hydrogen-bond acceptors (Lipinski definition) is 3. The van der Waals surface area contributed by atoms with Gasteiger partial charge in [0.25, 0.3) is 0 Å². The quantitative estimate of drug-likeness (QED) is 0.209. The van der Waals surface area contributed by atoms with Crippen molar-refractivity contribution in [2.75, 3.05) is 4.90 Å². The van der Waals surface area contributed by atoms with E-state index >= 15 is 0 Å². The summed E-state index contributed by atoms with van der Waals surface area (Å²) in [5.74, 6) is 0.765. The van der Waals surface area contributed by atoms with Gasteiger partial charge >= 0.3 is 0 Å². The normalized spacial score (nSPS) is 13.3. The van der Waals surface area contributed by atoms with Crippen LogP contribution in [-0.2, 0) is 18.3 Å². The van der Waals surface area contributed by atoms with E-state index in [9.17, 15) is 0 Å². The molecule has 1 aliphatic rings. The molecule has 0 amide bonds. The molecule has 0 atom stereocenters. The fourth-order valence-corrected chi connectivity index (χ4v) is 6.23. The van der Waals surface area contributed by atoms with E-state index in [-0.39, 0.29) is 5.41 Å². The highest BCUT2D eigenvalue weighted by atomic mass is 15.2. The second-order valence-electron chi connectivity index (χ2n) is 11.4. The zero-order valence-electron chi connectivity index (χ0n) is 24.0. The smallest absolute Gasteiger partial charge is 0.160 e. The molecule has 6 aromatic rings. The largest absolute Gasteiger partial charge is 0.310 e. The standard InChI is InChI=1S/C39H33N3/c1-39(2)32-20-10-13-23-36(32)42(37-24-14-11-21-33(37)39)35-22-12-9-17-29(35)25-26-31-27-34(28-15-5-3-6-16-28)41-38(40-31)30-18-7-4-8-19-30/h3-24,27H,25-26H2,1-2H3. The van der Waals surface area contributed by atoms with Crippen LogP contribution < -0.4 is 4.90 Å². The Kier molecular flexibility index (Phi) is 6.64. The molecular formula is C39H33N3. The number of fused-ring (bicyclic) bond motifs is 2. The van der Waals surface area contributed by atoms with Gasteiger partial charge in [-0.1, -0.05) is 129 Å².